The van der Waals surface area contributed by atoms with Gasteiger partial charge in [-0.3, -0.25) is 13.9 Å². The molecule has 0 heterocycles. The zero-order chi connectivity index (χ0) is 27.2. The van der Waals surface area contributed by atoms with Gasteiger partial charge in [-0.15, -0.1) is 0 Å². The third-order valence-corrected chi connectivity index (χ3v) is 7.71. The Morgan fingerprint density at radius 1 is 0.892 bits per heavy atom. The molecule has 3 aromatic carbocycles. The van der Waals surface area contributed by atoms with Gasteiger partial charge in [-0.2, -0.15) is 0 Å². The van der Waals surface area contributed by atoms with Gasteiger partial charge in [0, 0.05) is 12.6 Å². The van der Waals surface area contributed by atoms with E-state index in [4.69, 9.17) is 0 Å². The van der Waals surface area contributed by atoms with Crippen LogP contribution in [0.1, 0.15) is 31.9 Å². The first-order valence-electron chi connectivity index (χ1n) is 12.0. The molecule has 0 aliphatic carbocycles. The van der Waals surface area contributed by atoms with Gasteiger partial charge in [0.25, 0.3) is 10.0 Å². The molecule has 3 rings (SSSR count). The molecule has 0 aliphatic heterocycles. The molecule has 0 saturated heterocycles. The predicted octanol–water partition coefficient (Wildman–Crippen LogP) is 4.27. The summed E-state index contributed by atoms with van der Waals surface area (Å²) in [7, 11) is -4.23. The third kappa shape index (κ3) is 6.95. The Hall–Kier alpha value is -3.72. The van der Waals surface area contributed by atoms with E-state index in [1.165, 1.54) is 4.90 Å². The molecule has 3 aromatic rings. The quantitative estimate of drug-likeness (QED) is 0.428. The number of benzene rings is 3. The lowest BCUT2D eigenvalue weighted by atomic mass is 10.1. The van der Waals surface area contributed by atoms with Gasteiger partial charge in [0.05, 0.1) is 10.6 Å². The van der Waals surface area contributed by atoms with Crippen molar-refractivity contribution in [2.75, 3.05) is 10.8 Å². The molecular formula is C28H32FN3O4S. The molecular weight excluding hydrogens is 493 g/mol. The van der Waals surface area contributed by atoms with Crippen LogP contribution in [0.5, 0.6) is 0 Å². The summed E-state index contributed by atoms with van der Waals surface area (Å²) in [5.74, 6) is -1.47. The molecule has 0 bridgehead atoms. The summed E-state index contributed by atoms with van der Waals surface area (Å²) < 4.78 is 41.7. The van der Waals surface area contributed by atoms with E-state index in [0.717, 1.165) is 39.7 Å². The number of anilines is 1. The largest absolute Gasteiger partial charge is 0.352 e. The topological polar surface area (TPSA) is 86.8 Å². The summed E-state index contributed by atoms with van der Waals surface area (Å²) in [5.41, 5.74) is 2.05. The standard InChI is InChI=1S/C28H32FN3O4S/c1-20(2)30-28(34)22(4)31(18-23-11-9-8-10-21(23)3)27(33)19-32(25-12-6-5-7-13-25)37(35,36)26-16-14-24(29)15-17-26/h5-17,20,22H,18-19H2,1-4H3,(H,30,34)/t22-/m1/s1. The average molecular weight is 526 g/mol. The number of hydrogen-bond donors (Lipinski definition) is 1. The van der Waals surface area contributed by atoms with Crippen molar-refractivity contribution >= 4 is 27.5 Å². The van der Waals surface area contributed by atoms with Crippen LogP contribution in [-0.4, -0.2) is 43.8 Å². The highest BCUT2D eigenvalue weighted by atomic mass is 32.2. The summed E-state index contributed by atoms with van der Waals surface area (Å²) in [4.78, 5) is 27.9. The fourth-order valence-electron chi connectivity index (χ4n) is 3.82. The summed E-state index contributed by atoms with van der Waals surface area (Å²) in [6.45, 7) is 6.75. The zero-order valence-electron chi connectivity index (χ0n) is 21.4. The number of amides is 2. The Morgan fingerprint density at radius 3 is 2.08 bits per heavy atom. The lowest BCUT2D eigenvalue weighted by Gasteiger charge is -2.32. The number of sulfonamides is 1. The van der Waals surface area contributed by atoms with E-state index in [2.05, 4.69) is 5.32 Å². The molecule has 7 nitrogen and oxygen atoms in total. The molecule has 0 fully saturated rings. The number of aryl methyl sites for hydroxylation is 1. The molecule has 196 valence electrons. The second-order valence-electron chi connectivity index (χ2n) is 9.09. The number of rotatable bonds is 10. The summed E-state index contributed by atoms with van der Waals surface area (Å²) in [6.07, 6.45) is 0. The van der Waals surface area contributed by atoms with Crippen molar-refractivity contribution in [1.29, 1.82) is 0 Å². The Bertz CT molecular complexity index is 1330. The van der Waals surface area contributed by atoms with Crippen molar-refractivity contribution < 1.29 is 22.4 Å². The van der Waals surface area contributed by atoms with Gasteiger partial charge in [-0.05, 0) is 75.2 Å². The lowest BCUT2D eigenvalue weighted by Crippen LogP contribution is -2.52. The van der Waals surface area contributed by atoms with Crippen LogP contribution in [0.15, 0.2) is 83.8 Å². The highest BCUT2D eigenvalue weighted by molar-refractivity contribution is 7.92. The van der Waals surface area contributed by atoms with Gasteiger partial charge in [0.2, 0.25) is 11.8 Å². The van der Waals surface area contributed by atoms with E-state index in [1.54, 1.807) is 37.3 Å². The number of nitrogens with zero attached hydrogens (tertiary/aromatic N) is 2. The van der Waals surface area contributed by atoms with Crippen molar-refractivity contribution in [3.63, 3.8) is 0 Å². The van der Waals surface area contributed by atoms with Crippen LogP contribution in [0.4, 0.5) is 10.1 Å². The van der Waals surface area contributed by atoms with Crippen LogP contribution >= 0.6 is 0 Å². The van der Waals surface area contributed by atoms with E-state index in [-0.39, 0.29) is 29.1 Å². The maximum absolute atomic E-state index is 13.8. The summed E-state index contributed by atoms with van der Waals surface area (Å²) in [5, 5.41) is 2.82. The number of carbonyl (C=O) groups is 2. The molecule has 0 spiro atoms. The zero-order valence-corrected chi connectivity index (χ0v) is 22.2. The minimum Gasteiger partial charge on any atom is -0.352 e. The van der Waals surface area contributed by atoms with Gasteiger partial charge in [-0.1, -0.05) is 42.5 Å². The first-order chi connectivity index (χ1) is 17.5. The maximum atomic E-state index is 13.8. The SMILES string of the molecule is Cc1ccccc1CN(C(=O)CN(c1ccccc1)S(=O)(=O)c1ccc(F)cc1)[C@H](C)C(=O)NC(C)C. The molecule has 1 N–H and O–H groups in total. The molecule has 0 aromatic heterocycles. The fraction of sp³-hybridized carbons (Fsp3) is 0.286. The molecule has 1 atom stereocenters. The maximum Gasteiger partial charge on any atom is 0.264 e. The second-order valence-corrected chi connectivity index (χ2v) is 11.0. The number of nitrogens with one attached hydrogen (secondary N) is 1. The van der Waals surface area contributed by atoms with Gasteiger partial charge in [-0.25, -0.2) is 12.8 Å². The van der Waals surface area contributed by atoms with Crippen molar-refractivity contribution in [2.24, 2.45) is 0 Å². The summed E-state index contributed by atoms with van der Waals surface area (Å²) in [6, 6.07) is 19.2. The van der Waals surface area contributed by atoms with Crippen LogP contribution in [0.3, 0.4) is 0 Å². The molecule has 37 heavy (non-hydrogen) atoms. The molecule has 2 amide bonds. The van der Waals surface area contributed by atoms with Crippen molar-refractivity contribution in [1.82, 2.24) is 10.2 Å². The average Bonchev–Trinajstić information content (AvgIpc) is 2.86. The van der Waals surface area contributed by atoms with E-state index >= 15 is 0 Å². The Balaban J connectivity index is 2.01. The van der Waals surface area contributed by atoms with Crippen LogP contribution in [0, 0.1) is 12.7 Å². The first kappa shape index (κ1) is 27.9. The van der Waals surface area contributed by atoms with Crippen LogP contribution in [-0.2, 0) is 26.2 Å². The third-order valence-electron chi connectivity index (χ3n) is 5.92. The van der Waals surface area contributed by atoms with Crippen molar-refractivity contribution in [3.8, 4) is 0 Å². The second kappa shape index (κ2) is 12.0. The Morgan fingerprint density at radius 2 is 1.49 bits per heavy atom. The van der Waals surface area contributed by atoms with Crippen molar-refractivity contribution in [2.45, 2.75) is 51.2 Å². The monoisotopic (exact) mass is 525 g/mol. The minimum atomic E-state index is -4.23. The lowest BCUT2D eigenvalue weighted by molar-refractivity contribution is -0.139. The number of carbonyl (C=O) groups excluding carboxylic acids is 2. The molecule has 0 unspecified atom stereocenters. The minimum absolute atomic E-state index is 0.122. The highest BCUT2D eigenvalue weighted by Crippen LogP contribution is 2.25. The number of halogens is 1. The number of hydrogen-bond acceptors (Lipinski definition) is 4. The van der Waals surface area contributed by atoms with Crippen LogP contribution < -0.4 is 9.62 Å². The molecule has 0 radical (unpaired) electrons. The molecule has 9 heteroatoms. The first-order valence-corrected chi connectivity index (χ1v) is 13.4. The Labute approximate surface area is 218 Å². The van der Waals surface area contributed by atoms with Gasteiger partial charge in [0.15, 0.2) is 0 Å². The molecule has 0 aliphatic rings. The predicted molar refractivity (Wildman–Crippen MR) is 142 cm³/mol. The van der Waals surface area contributed by atoms with Crippen molar-refractivity contribution in [3.05, 3.63) is 95.8 Å². The van der Waals surface area contributed by atoms with E-state index in [1.807, 2.05) is 45.0 Å². The van der Waals surface area contributed by atoms with E-state index in [0.29, 0.717) is 0 Å². The summed E-state index contributed by atoms with van der Waals surface area (Å²) >= 11 is 0. The van der Waals surface area contributed by atoms with Crippen LogP contribution in [0.25, 0.3) is 0 Å². The van der Waals surface area contributed by atoms with E-state index in [9.17, 15) is 22.4 Å². The normalized spacial score (nSPS) is 12.2. The van der Waals surface area contributed by atoms with Gasteiger partial charge in [0.1, 0.15) is 18.4 Å². The smallest absolute Gasteiger partial charge is 0.264 e. The van der Waals surface area contributed by atoms with Crippen LogP contribution in [0.2, 0.25) is 0 Å². The van der Waals surface area contributed by atoms with Gasteiger partial charge >= 0.3 is 0 Å². The van der Waals surface area contributed by atoms with Gasteiger partial charge < -0.3 is 10.2 Å². The Kier molecular flexibility index (Phi) is 9.04. The number of para-hydroxylation sites is 1. The fourth-order valence-corrected chi connectivity index (χ4v) is 5.23. The van der Waals surface area contributed by atoms with E-state index < -0.39 is 34.3 Å². The highest BCUT2D eigenvalue weighted by Gasteiger charge is 2.32. The molecule has 0 saturated carbocycles.